The van der Waals surface area contributed by atoms with Crippen molar-refractivity contribution < 1.29 is 4.79 Å². The summed E-state index contributed by atoms with van der Waals surface area (Å²) >= 11 is 0. The molecule has 1 amide bonds. The van der Waals surface area contributed by atoms with Gasteiger partial charge in [-0.15, -0.1) is 5.10 Å². The predicted molar refractivity (Wildman–Crippen MR) is 104 cm³/mol. The van der Waals surface area contributed by atoms with Crippen molar-refractivity contribution in [1.29, 1.82) is 0 Å². The van der Waals surface area contributed by atoms with E-state index in [2.05, 4.69) is 20.6 Å². The number of aromatic nitrogens is 4. The van der Waals surface area contributed by atoms with Crippen molar-refractivity contribution in [3.05, 3.63) is 47.9 Å². The molecule has 0 aliphatic carbocycles. The maximum atomic E-state index is 13.1. The van der Waals surface area contributed by atoms with Crippen LogP contribution in [0.5, 0.6) is 0 Å². The Morgan fingerprint density at radius 3 is 3.04 bits per heavy atom. The summed E-state index contributed by atoms with van der Waals surface area (Å²) < 4.78 is 1.74. The Morgan fingerprint density at radius 2 is 2.19 bits per heavy atom. The van der Waals surface area contributed by atoms with E-state index >= 15 is 0 Å². The summed E-state index contributed by atoms with van der Waals surface area (Å²) in [5, 5.41) is 12.7. The molecule has 7 heteroatoms. The highest BCUT2D eigenvalue weighted by atomic mass is 16.2. The number of carbonyl (C=O) groups excluding carboxylic acids is 1. The number of nitrogens with one attached hydrogen (secondary N) is 1. The molecule has 140 valence electrons. The van der Waals surface area contributed by atoms with Gasteiger partial charge in [-0.1, -0.05) is 11.3 Å². The van der Waals surface area contributed by atoms with Gasteiger partial charge in [-0.25, -0.2) is 4.68 Å². The average molecular weight is 364 g/mol. The zero-order valence-electron chi connectivity index (χ0n) is 15.7. The Labute approximate surface area is 158 Å². The Hall–Kier alpha value is -2.80. The van der Waals surface area contributed by atoms with Crippen LogP contribution < -0.4 is 5.32 Å². The lowest BCUT2D eigenvalue weighted by atomic mass is 9.97. The number of hydrogen-bond donors (Lipinski definition) is 1. The predicted octanol–water partition coefficient (Wildman–Crippen LogP) is 2.20. The highest BCUT2D eigenvalue weighted by Crippen LogP contribution is 2.23. The molecule has 1 saturated heterocycles. The number of nitrogens with zero attached hydrogens (tertiary/aromatic N) is 5. The van der Waals surface area contributed by atoms with Crippen molar-refractivity contribution in [1.82, 2.24) is 30.2 Å². The maximum Gasteiger partial charge on any atom is 0.276 e. The van der Waals surface area contributed by atoms with Gasteiger partial charge in [-0.3, -0.25) is 9.78 Å². The quantitative estimate of drug-likeness (QED) is 0.768. The number of benzene rings is 1. The van der Waals surface area contributed by atoms with Gasteiger partial charge in [-0.05, 0) is 63.5 Å². The van der Waals surface area contributed by atoms with Crippen LogP contribution in [0.2, 0.25) is 0 Å². The Balaban J connectivity index is 1.65. The van der Waals surface area contributed by atoms with Gasteiger partial charge >= 0.3 is 0 Å². The lowest BCUT2D eigenvalue weighted by molar-refractivity contribution is 0.0667. The first-order valence-corrected chi connectivity index (χ1v) is 9.39. The van der Waals surface area contributed by atoms with Crippen molar-refractivity contribution in [3.63, 3.8) is 0 Å². The molecule has 0 bridgehead atoms. The highest BCUT2D eigenvalue weighted by molar-refractivity contribution is 5.94. The highest BCUT2D eigenvalue weighted by Gasteiger charge is 2.28. The first-order valence-electron chi connectivity index (χ1n) is 9.39. The Kier molecular flexibility index (Phi) is 4.85. The average Bonchev–Trinajstić information content (AvgIpc) is 3.08. The van der Waals surface area contributed by atoms with E-state index in [4.69, 9.17) is 0 Å². The van der Waals surface area contributed by atoms with Crippen LogP contribution in [0.1, 0.15) is 29.0 Å². The van der Waals surface area contributed by atoms with E-state index < -0.39 is 0 Å². The lowest BCUT2D eigenvalue weighted by Crippen LogP contribution is -2.42. The first kappa shape index (κ1) is 17.6. The molecule has 0 radical (unpaired) electrons. The molecule has 4 rings (SSSR count). The number of rotatable bonds is 4. The van der Waals surface area contributed by atoms with E-state index in [1.54, 1.807) is 10.9 Å². The smallest absolute Gasteiger partial charge is 0.276 e. The van der Waals surface area contributed by atoms with Crippen molar-refractivity contribution >= 4 is 16.8 Å². The number of pyridine rings is 1. The third-order valence-electron chi connectivity index (χ3n) is 5.25. The van der Waals surface area contributed by atoms with Crippen LogP contribution in [0.25, 0.3) is 16.6 Å². The summed E-state index contributed by atoms with van der Waals surface area (Å²) in [6, 6.07) is 9.80. The molecule has 3 aromatic rings. The van der Waals surface area contributed by atoms with Crippen LogP contribution in [-0.4, -0.2) is 57.5 Å². The van der Waals surface area contributed by atoms with E-state index in [1.807, 2.05) is 49.2 Å². The van der Waals surface area contributed by atoms with E-state index in [0.717, 1.165) is 54.8 Å². The zero-order valence-corrected chi connectivity index (χ0v) is 15.7. The summed E-state index contributed by atoms with van der Waals surface area (Å²) in [7, 11) is 1.95. The van der Waals surface area contributed by atoms with Gasteiger partial charge in [0.05, 0.1) is 16.9 Å². The fraction of sp³-hybridized carbons (Fsp3) is 0.400. The summed E-state index contributed by atoms with van der Waals surface area (Å²) in [5.74, 6) is 0.463. The van der Waals surface area contributed by atoms with Crippen LogP contribution in [0.3, 0.4) is 0 Å². The SMILES string of the molecule is CNCC1CCCN(C(=O)c2nnn(-c3cccc4ncccc34)c2C)C1. The Bertz CT molecular complexity index is 959. The minimum Gasteiger partial charge on any atom is -0.337 e. The van der Waals surface area contributed by atoms with E-state index in [-0.39, 0.29) is 5.91 Å². The molecule has 2 aromatic heterocycles. The van der Waals surface area contributed by atoms with Crippen LogP contribution in [0.4, 0.5) is 0 Å². The van der Waals surface area contributed by atoms with Crippen LogP contribution in [0, 0.1) is 12.8 Å². The minimum atomic E-state index is -0.0297. The zero-order chi connectivity index (χ0) is 18.8. The molecular weight excluding hydrogens is 340 g/mol. The van der Waals surface area contributed by atoms with Crippen molar-refractivity contribution in [2.75, 3.05) is 26.7 Å². The van der Waals surface area contributed by atoms with Gasteiger partial charge in [0, 0.05) is 24.7 Å². The van der Waals surface area contributed by atoms with Gasteiger partial charge in [0.1, 0.15) is 0 Å². The van der Waals surface area contributed by atoms with Crippen molar-refractivity contribution in [3.8, 4) is 5.69 Å². The molecule has 1 aliphatic heterocycles. The summed E-state index contributed by atoms with van der Waals surface area (Å²) in [4.78, 5) is 19.4. The minimum absolute atomic E-state index is 0.0297. The second-order valence-electron chi connectivity index (χ2n) is 7.10. The molecule has 1 unspecified atom stereocenters. The second kappa shape index (κ2) is 7.44. The molecule has 1 aliphatic rings. The topological polar surface area (TPSA) is 75.9 Å². The maximum absolute atomic E-state index is 13.1. The number of amides is 1. The van der Waals surface area contributed by atoms with Gasteiger partial charge in [0.2, 0.25) is 0 Å². The van der Waals surface area contributed by atoms with Gasteiger partial charge < -0.3 is 10.2 Å². The number of hydrogen-bond acceptors (Lipinski definition) is 5. The molecule has 1 aromatic carbocycles. The van der Waals surface area contributed by atoms with E-state index in [1.165, 1.54) is 0 Å². The van der Waals surface area contributed by atoms with Crippen LogP contribution in [-0.2, 0) is 0 Å². The van der Waals surface area contributed by atoms with Crippen molar-refractivity contribution in [2.45, 2.75) is 19.8 Å². The van der Waals surface area contributed by atoms with Crippen molar-refractivity contribution in [2.24, 2.45) is 5.92 Å². The summed E-state index contributed by atoms with van der Waals surface area (Å²) in [5.41, 5.74) is 2.97. The molecule has 3 heterocycles. The van der Waals surface area contributed by atoms with E-state index in [0.29, 0.717) is 11.6 Å². The molecule has 1 fully saturated rings. The van der Waals surface area contributed by atoms with Gasteiger partial charge in [-0.2, -0.15) is 0 Å². The molecule has 1 N–H and O–H groups in total. The molecule has 0 spiro atoms. The summed E-state index contributed by atoms with van der Waals surface area (Å²) in [6.45, 7) is 4.38. The Morgan fingerprint density at radius 1 is 1.30 bits per heavy atom. The summed E-state index contributed by atoms with van der Waals surface area (Å²) in [6.07, 6.45) is 3.95. The van der Waals surface area contributed by atoms with E-state index in [9.17, 15) is 4.79 Å². The number of piperidine rings is 1. The number of likely N-dealkylation sites (tertiary alicyclic amines) is 1. The third-order valence-corrected chi connectivity index (χ3v) is 5.25. The third kappa shape index (κ3) is 3.30. The standard InChI is InChI=1S/C20H24N6O/c1-14-19(20(27)25-11-5-6-15(13-25)12-21-2)23-24-26(14)18-9-3-8-17-16(18)7-4-10-22-17/h3-4,7-10,15,21H,5-6,11-13H2,1-2H3. The first-order chi connectivity index (χ1) is 13.2. The fourth-order valence-corrected chi connectivity index (χ4v) is 3.88. The monoisotopic (exact) mass is 364 g/mol. The van der Waals surface area contributed by atoms with Crippen LogP contribution in [0.15, 0.2) is 36.5 Å². The molecule has 0 saturated carbocycles. The lowest BCUT2D eigenvalue weighted by Gasteiger charge is -2.32. The van der Waals surface area contributed by atoms with Gasteiger partial charge in [0.15, 0.2) is 5.69 Å². The normalized spacial score (nSPS) is 17.4. The number of carbonyl (C=O) groups is 1. The van der Waals surface area contributed by atoms with Crippen LogP contribution >= 0.6 is 0 Å². The fourth-order valence-electron chi connectivity index (χ4n) is 3.88. The molecule has 7 nitrogen and oxygen atoms in total. The molecule has 1 atom stereocenters. The number of fused-ring (bicyclic) bond motifs is 1. The second-order valence-corrected chi connectivity index (χ2v) is 7.10. The van der Waals surface area contributed by atoms with Gasteiger partial charge in [0.25, 0.3) is 5.91 Å². The molecular formula is C20H24N6O. The molecule has 27 heavy (non-hydrogen) atoms. The largest absolute Gasteiger partial charge is 0.337 e.